The third-order valence-corrected chi connectivity index (χ3v) is 4.12. The van der Waals surface area contributed by atoms with Crippen LogP contribution in [0.4, 0.5) is 0 Å². The van der Waals surface area contributed by atoms with Crippen molar-refractivity contribution in [3.05, 3.63) is 48.0 Å². The number of carbonyl (C=O) groups excluding carboxylic acids is 2. The highest BCUT2D eigenvalue weighted by Crippen LogP contribution is 2.18. The van der Waals surface area contributed by atoms with Gasteiger partial charge in [0.2, 0.25) is 11.8 Å². The van der Waals surface area contributed by atoms with E-state index in [-0.39, 0.29) is 17.7 Å². The van der Waals surface area contributed by atoms with E-state index in [9.17, 15) is 9.59 Å². The number of hydrogen-bond acceptors (Lipinski definition) is 2. The number of rotatable bonds is 5. The van der Waals surface area contributed by atoms with Gasteiger partial charge in [-0.3, -0.25) is 9.59 Å². The Balaban J connectivity index is 1.80. The van der Waals surface area contributed by atoms with E-state index in [0.29, 0.717) is 26.1 Å². The van der Waals surface area contributed by atoms with Gasteiger partial charge in [-0.1, -0.05) is 35.9 Å². The summed E-state index contributed by atoms with van der Waals surface area (Å²) in [5.41, 5.74) is 2.24. The first-order chi connectivity index (χ1) is 10.6. The topological polar surface area (TPSA) is 49.4 Å². The Labute approximate surface area is 132 Å². The molecule has 0 radical (unpaired) electrons. The van der Waals surface area contributed by atoms with Crippen LogP contribution < -0.4 is 5.32 Å². The van der Waals surface area contributed by atoms with E-state index in [1.807, 2.05) is 36.1 Å². The van der Waals surface area contributed by atoms with Crippen LogP contribution >= 0.6 is 0 Å². The Morgan fingerprint density at radius 2 is 1.91 bits per heavy atom. The maximum atomic E-state index is 12.3. The van der Waals surface area contributed by atoms with Gasteiger partial charge in [-0.25, -0.2) is 0 Å². The Morgan fingerprint density at radius 1 is 1.27 bits per heavy atom. The highest BCUT2D eigenvalue weighted by molar-refractivity contribution is 5.81. The number of carbonyl (C=O) groups is 2. The van der Waals surface area contributed by atoms with Crippen LogP contribution in [-0.2, 0) is 16.0 Å². The van der Waals surface area contributed by atoms with Gasteiger partial charge in [-0.05, 0) is 25.3 Å². The summed E-state index contributed by atoms with van der Waals surface area (Å²) >= 11 is 0. The lowest BCUT2D eigenvalue weighted by Crippen LogP contribution is -2.43. The molecule has 2 rings (SSSR count). The number of likely N-dealkylation sites (tertiary alicyclic amines) is 1. The quantitative estimate of drug-likeness (QED) is 0.846. The van der Waals surface area contributed by atoms with E-state index in [1.165, 1.54) is 5.56 Å². The summed E-state index contributed by atoms with van der Waals surface area (Å²) in [6, 6.07) is 8.06. The fourth-order valence-corrected chi connectivity index (χ4v) is 2.70. The molecule has 0 aliphatic carbocycles. The largest absolute Gasteiger partial charge is 0.352 e. The number of amides is 2. The molecule has 2 amide bonds. The first-order valence-corrected chi connectivity index (χ1v) is 7.82. The molecule has 1 saturated heterocycles. The minimum Gasteiger partial charge on any atom is -0.352 e. The van der Waals surface area contributed by atoms with Gasteiger partial charge in [0.1, 0.15) is 0 Å². The summed E-state index contributed by atoms with van der Waals surface area (Å²) in [7, 11) is 0. The fraction of sp³-hybridized carbons (Fsp3) is 0.444. The van der Waals surface area contributed by atoms with Crippen molar-refractivity contribution < 1.29 is 9.59 Å². The summed E-state index contributed by atoms with van der Waals surface area (Å²) < 4.78 is 0. The molecule has 0 aromatic heterocycles. The molecule has 1 aromatic carbocycles. The second kappa shape index (κ2) is 7.78. The van der Waals surface area contributed by atoms with E-state index in [0.717, 1.165) is 18.4 Å². The highest BCUT2D eigenvalue weighted by Gasteiger charge is 2.26. The normalized spacial score (nSPS) is 15.4. The zero-order chi connectivity index (χ0) is 15.9. The molecule has 1 heterocycles. The molecule has 1 fully saturated rings. The predicted octanol–water partition coefficient (Wildman–Crippen LogP) is 2.08. The van der Waals surface area contributed by atoms with Crippen molar-refractivity contribution in [3.8, 4) is 0 Å². The van der Waals surface area contributed by atoms with Gasteiger partial charge in [0, 0.05) is 25.6 Å². The number of piperidine rings is 1. The molecule has 4 heteroatoms. The Hall–Kier alpha value is -2.10. The maximum absolute atomic E-state index is 12.3. The second-order valence-electron chi connectivity index (χ2n) is 5.85. The third kappa shape index (κ3) is 4.45. The second-order valence-corrected chi connectivity index (χ2v) is 5.85. The van der Waals surface area contributed by atoms with Crippen molar-refractivity contribution in [1.82, 2.24) is 10.2 Å². The van der Waals surface area contributed by atoms with Crippen LogP contribution in [0.1, 0.15) is 24.0 Å². The zero-order valence-electron chi connectivity index (χ0n) is 13.2. The summed E-state index contributed by atoms with van der Waals surface area (Å²) in [5, 5.41) is 2.83. The lowest BCUT2D eigenvalue weighted by atomic mass is 9.95. The van der Waals surface area contributed by atoms with E-state index in [4.69, 9.17) is 0 Å². The van der Waals surface area contributed by atoms with Crippen molar-refractivity contribution in [2.24, 2.45) is 5.92 Å². The summed E-state index contributed by atoms with van der Waals surface area (Å²) in [4.78, 5) is 26.1. The van der Waals surface area contributed by atoms with Gasteiger partial charge in [0.15, 0.2) is 0 Å². The third-order valence-electron chi connectivity index (χ3n) is 4.12. The standard InChI is InChI=1S/C18H24N2O2/c1-3-10-19-18(22)16-8-11-20(12-9-16)17(21)13-15-6-4-14(2)5-7-15/h3-7,16H,1,8-13H2,2H3,(H,19,22). The van der Waals surface area contributed by atoms with E-state index in [2.05, 4.69) is 11.9 Å². The van der Waals surface area contributed by atoms with Gasteiger partial charge in [-0.2, -0.15) is 0 Å². The SMILES string of the molecule is C=CCNC(=O)C1CCN(C(=O)Cc2ccc(C)cc2)CC1. The molecule has 0 saturated carbocycles. The fourth-order valence-electron chi connectivity index (χ4n) is 2.70. The van der Waals surface area contributed by atoms with Crippen LogP contribution in [0.15, 0.2) is 36.9 Å². The molecule has 118 valence electrons. The number of nitrogens with one attached hydrogen (secondary N) is 1. The maximum Gasteiger partial charge on any atom is 0.226 e. The summed E-state index contributed by atoms with van der Waals surface area (Å²) in [6.07, 6.45) is 3.59. The molecule has 1 N–H and O–H groups in total. The molecule has 1 aliphatic heterocycles. The monoisotopic (exact) mass is 300 g/mol. The van der Waals surface area contributed by atoms with Crippen LogP contribution in [0.3, 0.4) is 0 Å². The zero-order valence-corrected chi connectivity index (χ0v) is 13.2. The van der Waals surface area contributed by atoms with E-state index < -0.39 is 0 Å². The summed E-state index contributed by atoms with van der Waals surface area (Å²) in [6.45, 7) is 7.46. The Bertz CT molecular complexity index is 529. The van der Waals surface area contributed by atoms with Crippen molar-refractivity contribution in [2.45, 2.75) is 26.2 Å². The first-order valence-electron chi connectivity index (χ1n) is 7.82. The van der Waals surface area contributed by atoms with Gasteiger partial charge >= 0.3 is 0 Å². The highest BCUT2D eigenvalue weighted by atomic mass is 16.2. The number of nitrogens with zero attached hydrogens (tertiary/aromatic N) is 1. The smallest absolute Gasteiger partial charge is 0.226 e. The number of benzene rings is 1. The van der Waals surface area contributed by atoms with Crippen LogP contribution in [-0.4, -0.2) is 36.3 Å². The Morgan fingerprint density at radius 3 is 2.50 bits per heavy atom. The molecular formula is C18H24N2O2. The molecule has 1 aliphatic rings. The molecule has 0 bridgehead atoms. The van der Waals surface area contributed by atoms with Gasteiger partial charge < -0.3 is 10.2 Å². The number of aryl methyl sites for hydroxylation is 1. The molecule has 0 unspecified atom stereocenters. The van der Waals surface area contributed by atoms with Gasteiger partial charge in [-0.15, -0.1) is 6.58 Å². The molecule has 1 aromatic rings. The minimum atomic E-state index is 0.0170. The Kier molecular flexibility index (Phi) is 5.75. The van der Waals surface area contributed by atoms with Crippen LogP contribution in [0.25, 0.3) is 0 Å². The predicted molar refractivity (Wildman–Crippen MR) is 87.4 cm³/mol. The molecular weight excluding hydrogens is 276 g/mol. The van der Waals surface area contributed by atoms with Crippen molar-refractivity contribution >= 4 is 11.8 Å². The molecule has 4 nitrogen and oxygen atoms in total. The van der Waals surface area contributed by atoms with E-state index >= 15 is 0 Å². The van der Waals surface area contributed by atoms with E-state index in [1.54, 1.807) is 6.08 Å². The van der Waals surface area contributed by atoms with Crippen LogP contribution in [0.2, 0.25) is 0 Å². The summed E-state index contributed by atoms with van der Waals surface area (Å²) in [5.74, 6) is 0.239. The van der Waals surface area contributed by atoms with Crippen molar-refractivity contribution in [1.29, 1.82) is 0 Å². The lowest BCUT2D eigenvalue weighted by Gasteiger charge is -2.31. The van der Waals surface area contributed by atoms with Crippen LogP contribution in [0.5, 0.6) is 0 Å². The van der Waals surface area contributed by atoms with Gasteiger partial charge in [0.25, 0.3) is 0 Å². The lowest BCUT2D eigenvalue weighted by molar-refractivity contribution is -0.135. The van der Waals surface area contributed by atoms with Gasteiger partial charge in [0.05, 0.1) is 6.42 Å². The molecule has 22 heavy (non-hydrogen) atoms. The minimum absolute atomic E-state index is 0.0170. The average molecular weight is 300 g/mol. The first kappa shape index (κ1) is 16.3. The molecule has 0 atom stereocenters. The van der Waals surface area contributed by atoms with Crippen molar-refractivity contribution in [3.63, 3.8) is 0 Å². The molecule has 0 spiro atoms. The average Bonchev–Trinajstić information content (AvgIpc) is 2.55. The number of hydrogen-bond donors (Lipinski definition) is 1. The van der Waals surface area contributed by atoms with Crippen molar-refractivity contribution in [2.75, 3.05) is 19.6 Å². The van der Waals surface area contributed by atoms with Crippen LogP contribution in [0, 0.1) is 12.8 Å².